The first kappa shape index (κ1) is 19.7. The minimum Gasteiger partial charge on any atom is -0.479 e. The van der Waals surface area contributed by atoms with Crippen LogP contribution in [0.3, 0.4) is 0 Å². The number of hydrogen-bond donors (Lipinski definition) is 1. The van der Waals surface area contributed by atoms with Crippen molar-refractivity contribution in [1.82, 2.24) is 4.90 Å². The summed E-state index contributed by atoms with van der Waals surface area (Å²) in [6.45, 7) is 7.68. The first-order valence-corrected chi connectivity index (χ1v) is 9.45. The van der Waals surface area contributed by atoms with Gasteiger partial charge in [-0.2, -0.15) is 0 Å². The molecule has 0 aromatic heterocycles. The number of fused-ring (bicyclic) bond motifs is 3. The Morgan fingerprint density at radius 2 is 1.64 bits per heavy atom. The van der Waals surface area contributed by atoms with Crippen molar-refractivity contribution in [2.24, 2.45) is 0 Å². The van der Waals surface area contributed by atoms with E-state index in [2.05, 4.69) is 18.7 Å². The number of aliphatic carboxylic acids is 1. The second kappa shape index (κ2) is 8.30. The van der Waals surface area contributed by atoms with Gasteiger partial charge in [0.2, 0.25) is 0 Å². The second-order valence-electron chi connectivity index (χ2n) is 7.08. The van der Waals surface area contributed by atoms with Crippen molar-refractivity contribution in [3.8, 4) is 11.1 Å². The maximum Gasteiger partial charge on any atom is 0.410 e. The second-order valence-corrected chi connectivity index (χ2v) is 7.08. The molecule has 2 aromatic carbocycles. The number of ether oxygens (including phenoxy) is 1. The SMILES string of the molecule is C=C(C)C(C(=O)O)N(CCC)C(=O)OCC1c2ccccc2-c2ccccc21. The van der Waals surface area contributed by atoms with Gasteiger partial charge in [0, 0.05) is 12.5 Å². The summed E-state index contributed by atoms with van der Waals surface area (Å²) in [5.74, 6) is -1.16. The van der Waals surface area contributed by atoms with Gasteiger partial charge in [0.1, 0.15) is 6.61 Å². The molecule has 28 heavy (non-hydrogen) atoms. The van der Waals surface area contributed by atoms with Crippen molar-refractivity contribution < 1.29 is 19.4 Å². The van der Waals surface area contributed by atoms with Gasteiger partial charge in [0.05, 0.1) is 0 Å². The van der Waals surface area contributed by atoms with Crippen LogP contribution < -0.4 is 0 Å². The molecule has 1 N–H and O–H groups in total. The van der Waals surface area contributed by atoms with Gasteiger partial charge >= 0.3 is 12.1 Å². The van der Waals surface area contributed by atoms with Gasteiger partial charge in [-0.15, -0.1) is 0 Å². The molecule has 5 nitrogen and oxygen atoms in total. The van der Waals surface area contributed by atoms with E-state index >= 15 is 0 Å². The average molecular weight is 379 g/mol. The van der Waals surface area contributed by atoms with E-state index in [-0.39, 0.29) is 12.5 Å². The number of nitrogens with zero attached hydrogens (tertiary/aromatic N) is 1. The summed E-state index contributed by atoms with van der Waals surface area (Å²) in [5.41, 5.74) is 4.93. The Bertz CT molecular complexity index is 845. The minimum absolute atomic E-state index is 0.0621. The first-order valence-electron chi connectivity index (χ1n) is 9.45. The molecule has 1 unspecified atom stereocenters. The summed E-state index contributed by atoms with van der Waals surface area (Å²) in [4.78, 5) is 25.7. The van der Waals surface area contributed by atoms with Gasteiger partial charge in [0.15, 0.2) is 6.04 Å². The fraction of sp³-hybridized carbons (Fsp3) is 0.304. The maximum absolute atomic E-state index is 12.8. The molecule has 0 fully saturated rings. The van der Waals surface area contributed by atoms with E-state index in [1.54, 1.807) is 6.92 Å². The van der Waals surface area contributed by atoms with E-state index in [4.69, 9.17) is 4.74 Å². The number of carbonyl (C=O) groups is 2. The highest BCUT2D eigenvalue weighted by atomic mass is 16.6. The number of amides is 1. The van der Waals surface area contributed by atoms with Gasteiger partial charge in [-0.1, -0.05) is 62.0 Å². The molecule has 0 saturated carbocycles. The predicted molar refractivity (Wildman–Crippen MR) is 108 cm³/mol. The standard InChI is InChI=1S/C23H25NO4/c1-4-13-24(21(15(2)3)22(25)26)23(27)28-14-20-18-11-7-5-9-16(18)17-10-6-8-12-19(17)20/h5-12,20-21H,2,4,13-14H2,1,3H3,(H,25,26). The number of carbonyl (C=O) groups excluding carboxylic acids is 1. The van der Waals surface area contributed by atoms with Crippen molar-refractivity contribution >= 4 is 12.1 Å². The normalized spacial score (nSPS) is 13.4. The Kier molecular flexibility index (Phi) is 5.83. The van der Waals surface area contributed by atoms with Gasteiger partial charge in [0.25, 0.3) is 0 Å². The van der Waals surface area contributed by atoms with Gasteiger partial charge in [-0.05, 0) is 41.2 Å². The lowest BCUT2D eigenvalue weighted by Crippen LogP contribution is -2.46. The quantitative estimate of drug-likeness (QED) is 0.710. The van der Waals surface area contributed by atoms with Crippen molar-refractivity contribution in [3.05, 3.63) is 71.8 Å². The molecule has 1 aliphatic rings. The maximum atomic E-state index is 12.8. The van der Waals surface area contributed by atoms with Crippen LogP contribution in [0.5, 0.6) is 0 Å². The lowest BCUT2D eigenvalue weighted by Gasteiger charge is -2.28. The van der Waals surface area contributed by atoms with Crippen LogP contribution in [0.4, 0.5) is 4.79 Å². The van der Waals surface area contributed by atoms with Crippen molar-refractivity contribution in [2.45, 2.75) is 32.2 Å². The third kappa shape index (κ3) is 3.65. The van der Waals surface area contributed by atoms with E-state index in [9.17, 15) is 14.7 Å². The van der Waals surface area contributed by atoms with E-state index in [0.717, 1.165) is 22.3 Å². The fourth-order valence-electron chi connectivity index (χ4n) is 3.85. The van der Waals surface area contributed by atoms with E-state index < -0.39 is 18.1 Å². The highest BCUT2D eigenvalue weighted by Crippen LogP contribution is 2.44. The Labute approximate surface area is 165 Å². The largest absolute Gasteiger partial charge is 0.479 e. The van der Waals surface area contributed by atoms with Crippen molar-refractivity contribution in [1.29, 1.82) is 0 Å². The third-order valence-corrected chi connectivity index (χ3v) is 5.05. The van der Waals surface area contributed by atoms with Crippen LogP contribution >= 0.6 is 0 Å². The zero-order valence-electron chi connectivity index (χ0n) is 16.2. The molecule has 0 saturated heterocycles. The predicted octanol–water partition coefficient (Wildman–Crippen LogP) is 4.68. The number of rotatable bonds is 7. The zero-order valence-corrected chi connectivity index (χ0v) is 16.2. The molecule has 0 spiro atoms. The van der Waals surface area contributed by atoms with Crippen LogP contribution in [0.15, 0.2) is 60.7 Å². The molecule has 0 aliphatic heterocycles. The number of carboxylic acids is 1. The Balaban J connectivity index is 1.82. The van der Waals surface area contributed by atoms with Crippen LogP contribution in [-0.4, -0.2) is 41.3 Å². The molecular formula is C23H25NO4. The molecule has 3 rings (SSSR count). The van der Waals surface area contributed by atoms with Gasteiger partial charge in [-0.3, -0.25) is 4.90 Å². The van der Waals surface area contributed by atoms with E-state index in [1.165, 1.54) is 4.90 Å². The monoisotopic (exact) mass is 379 g/mol. The molecule has 2 aromatic rings. The number of hydrogen-bond acceptors (Lipinski definition) is 3. The lowest BCUT2D eigenvalue weighted by atomic mass is 9.98. The van der Waals surface area contributed by atoms with Crippen LogP contribution in [0.25, 0.3) is 11.1 Å². The number of carboxylic acid groups (broad SMARTS) is 1. The van der Waals surface area contributed by atoms with Crippen LogP contribution in [0, 0.1) is 0 Å². The smallest absolute Gasteiger partial charge is 0.410 e. The Hall–Kier alpha value is -3.08. The molecule has 1 amide bonds. The molecule has 1 atom stereocenters. The highest BCUT2D eigenvalue weighted by Gasteiger charge is 2.33. The minimum atomic E-state index is -1.10. The van der Waals surface area contributed by atoms with Crippen molar-refractivity contribution in [3.63, 3.8) is 0 Å². The molecule has 0 bridgehead atoms. The zero-order chi connectivity index (χ0) is 20.3. The van der Waals surface area contributed by atoms with Crippen LogP contribution in [-0.2, 0) is 9.53 Å². The first-order chi connectivity index (χ1) is 13.5. The van der Waals surface area contributed by atoms with Crippen molar-refractivity contribution in [2.75, 3.05) is 13.2 Å². The summed E-state index contributed by atoms with van der Waals surface area (Å²) in [6.07, 6.45) is 0.000423. The molecule has 0 heterocycles. The average Bonchev–Trinajstić information content (AvgIpc) is 2.99. The Morgan fingerprint density at radius 1 is 1.11 bits per heavy atom. The molecule has 1 aliphatic carbocycles. The lowest BCUT2D eigenvalue weighted by molar-refractivity contribution is -0.141. The van der Waals surface area contributed by atoms with E-state index in [0.29, 0.717) is 18.5 Å². The van der Waals surface area contributed by atoms with Crippen LogP contribution in [0.2, 0.25) is 0 Å². The molecule has 5 heteroatoms. The number of benzene rings is 2. The summed E-state index contributed by atoms with van der Waals surface area (Å²) >= 11 is 0. The van der Waals surface area contributed by atoms with E-state index in [1.807, 2.05) is 43.3 Å². The van der Waals surface area contributed by atoms with Crippen LogP contribution in [0.1, 0.15) is 37.3 Å². The van der Waals surface area contributed by atoms with Gasteiger partial charge in [-0.25, -0.2) is 9.59 Å². The fourth-order valence-corrected chi connectivity index (χ4v) is 3.85. The molecule has 146 valence electrons. The summed E-state index contributed by atoms with van der Waals surface area (Å²) in [7, 11) is 0. The molecule has 0 radical (unpaired) electrons. The highest BCUT2D eigenvalue weighted by molar-refractivity contribution is 5.83. The summed E-state index contributed by atoms with van der Waals surface area (Å²) in [5, 5.41) is 9.52. The molecular weight excluding hydrogens is 354 g/mol. The summed E-state index contributed by atoms with van der Waals surface area (Å²) < 4.78 is 5.62. The summed E-state index contributed by atoms with van der Waals surface area (Å²) in [6, 6.07) is 15.1. The topological polar surface area (TPSA) is 66.8 Å². The third-order valence-electron chi connectivity index (χ3n) is 5.05. The Morgan fingerprint density at radius 3 is 2.11 bits per heavy atom. The van der Waals surface area contributed by atoms with Gasteiger partial charge < -0.3 is 9.84 Å².